The van der Waals surface area contributed by atoms with Crippen LogP contribution in [-0.4, -0.2) is 39.0 Å². The van der Waals surface area contributed by atoms with Gasteiger partial charge < -0.3 is 20.1 Å². The van der Waals surface area contributed by atoms with E-state index in [2.05, 4.69) is 36.6 Å². The lowest BCUT2D eigenvalue weighted by Gasteiger charge is -2.28. The third kappa shape index (κ3) is 4.20. The van der Waals surface area contributed by atoms with Gasteiger partial charge in [-0.05, 0) is 26.3 Å². The van der Waals surface area contributed by atoms with Crippen molar-refractivity contribution >= 4 is 0 Å². The van der Waals surface area contributed by atoms with Gasteiger partial charge in [0.2, 0.25) is 0 Å². The molecule has 20 heavy (non-hydrogen) atoms. The lowest BCUT2D eigenvalue weighted by Crippen LogP contribution is -2.45. The fourth-order valence-electron chi connectivity index (χ4n) is 2.81. The van der Waals surface area contributed by atoms with Crippen LogP contribution in [0.15, 0.2) is 24.3 Å². The molecule has 3 atom stereocenters. The third-order valence-electron chi connectivity index (χ3n) is 3.78. The first-order chi connectivity index (χ1) is 9.70. The van der Waals surface area contributed by atoms with Gasteiger partial charge in [-0.1, -0.05) is 18.2 Å². The van der Waals surface area contributed by atoms with Crippen molar-refractivity contribution in [2.45, 2.75) is 38.4 Å². The number of para-hydroxylation sites is 1. The van der Waals surface area contributed by atoms with Crippen molar-refractivity contribution in [2.24, 2.45) is 0 Å². The average Bonchev–Trinajstić information content (AvgIpc) is 2.48. The van der Waals surface area contributed by atoms with Gasteiger partial charge in [0.25, 0.3) is 0 Å². The summed E-state index contributed by atoms with van der Waals surface area (Å²) in [5.74, 6) is 0.943. The van der Waals surface area contributed by atoms with Gasteiger partial charge in [0.15, 0.2) is 0 Å². The molecule has 0 radical (unpaired) electrons. The standard InChI is InChI=1S/C16H26N2O2/c1-12(10-14-11-20-9-8-17-14)18-13(2)15-6-4-5-7-16(15)19-3/h4-7,12-14,17-18H,8-11H2,1-3H3/t12?,13-,14?/m1/s1. The van der Waals surface area contributed by atoms with Gasteiger partial charge in [-0.2, -0.15) is 0 Å². The highest BCUT2D eigenvalue weighted by Gasteiger charge is 2.18. The van der Waals surface area contributed by atoms with Crippen LogP contribution in [0.3, 0.4) is 0 Å². The molecule has 112 valence electrons. The van der Waals surface area contributed by atoms with E-state index in [4.69, 9.17) is 9.47 Å². The number of benzene rings is 1. The summed E-state index contributed by atoms with van der Waals surface area (Å²) in [5, 5.41) is 7.14. The highest BCUT2D eigenvalue weighted by Crippen LogP contribution is 2.24. The summed E-state index contributed by atoms with van der Waals surface area (Å²) < 4.78 is 10.9. The van der Waals surface area contributed by atoms with Gasteiger partial charge >= 0.3 is 0 Å². The molecule has 2 rings (SSSR count). The summed E-state index contributed by atoms with van der Waals surface area (Å²) in [4.78, 5) is 0. The Morgan fingerprint density at radius 3 is 2.90 bits per heavy atom. The maximum absolute atomic E-state index is 5.50. The van der Waals surface area contributed by atoms with Crippen molar-refractivity contribution in [1.29, 1.82) is 0 Å². The van der Waals surface area contributed by atoms with E-state index in [0.29, 0.717) is 12.1 Å². The second-order valence-corrected chi connectivity index (χ2v) is 5.49. The summed E-state index contributed by atoms with van der Waals surface area (Å²) in [6.45, 7) is 7.01. The van der Waals surface area contributed by atoms with Crippen LogP contribution in [-0.2, 0) is 4.74 Å². The Kier molecular flexibility index (Phi) is 5.83. The van der Waals surface area contributed by atoms with Crippen molar-refractivity contribution in [1.82, 2.24) is 10.6 Å². The summed E-state index contributed by atoms with van der Waals surface area (Å²) >= 11 is 0. The predicted octanol–water partition coefficient (Wildman–Crippen LogP) is 2.11. The second kappa shape index (κ2) is 7.62. The Bertz CT molecular complexity index is 405. The molecule has 1 aliphatic heterocycles. The van der Waals surface area contributed by atoms with Gasteiger partial charge in [-0.15, -0.1) is 0 Å². The van der Waals surface area contributed by atoms with Crippen molar-refractivity contribution in [2.75, 3.05) is 26.9 Å². The molecule has 1 aromatic carbocycles. The zero-order valence-corrected chi connectivity index (χ0v) is 12.7. The molecule has 2 N–H and O–H groups in total. The first-order valence-corrected chi connectivity index (χ1v) is 7.40. The molecule has 2 unspecified atom stereocenters. The van der Waals surface area contributed by atoms with E-state index in [0.717, 1.165) is 31.9 Å². The highest BCUT2D eigenvalue weighted by atomic mass is 16.5. The molecule has 0 amide bonds. The van der Waals surface area contributed by atoms with Crippen LogP contribution in [0.4, 0.5) is 0 Å². The summed E-state index contributed by atoms with van der Waals surface area (Å²) in [6, 6.07) is 9.33. The Morgan fingerprint density at radius 1 is 1.40 bits per heavy atom. The molecular formula is C16H26N2O2. The second-order valence-electron chi connectivity index (χ2n) is 5.49. The van der Waals surface area contributed by atoms with E-state index in [1.54, 1.807) is 7.11 Å². The van der Waals surface area contributed by atoms with E-state index in [-0.39, 0.29) is 6.04 Å². The lowest BCUT2D eigenvalue weighted by molar-refractivity contribution is 0.0708. The minimum atomic E-state index is 0.269. The third-order valence-corrected chi connectivity index (χ3v) is 3.78. The largest absolute Gasteiger partial charge is 0.496 e. The van der Waals surface area contributed by atoms with Crippen molar-refractivity contribution in [3.8, 4) is 5.75 Å². The Hall–Kier alpha value is -1.10. The molecule has 1 fully saturated rings. The van der Waals surface area contributed by atoms with Crippen LogP contribution in [0.1, 0.15) is 31.9 Å². The Morgan fingerprint density at radius 2 is 2.20 bits per heavy atom. The average molecular weight is 278 g/mol. The predicted molar refractivity (Wildman–Crippen MR) is 81.2 cm³/mol. The van der Waals surface area contributed by atoms with Crippen LogP contribution in [0.25, 0.3) is 0 Å². The summed E-state index contributed by atoms with van der Waals surface area (Å²) in [6.07, 6.45) is 1.07. The number of hydrogen-bond acceptors (Lipinski definition) is 4. The monoisotopic (exact) mass is 278 g/mol. The van der Waals surface area contributed by atoms with E-state index >= 15 is 0 Å². The first kappa shape index (κ1) is 15.3. The molecule has 0 aromatic heterocycles. The Labute approximate surface area is 121 Å². The molecule has 0 spiro atoms. The van der Waals surface area contributed by atoms with Crippen LogP contribution in [0.2, 0.25) is 0 Å². The van der Waals surface area contributed by atoms with Gasteiger partial charge in [0.1, 0.15) is 5.75 Å². The van der Waals surface area contributed by atoms with Crippen LogP contribution < -0.4 is 15.4 Å². The Balaban J connectivity index is 1.87. The molecule has 1 aliphatic rings. The molecule has 0 saturated carbocycles. The quantitative estimate of drug-likeness (QED) is 0.836. The summed E-state index contributed by atoms with van der Waals surface area (Å²) in [5.41, 5.74) is 1.20. The van der Waals surface area contributed by atoms with Crippen molar-refractivity contribution in [3.63, 3.8) is 0 Å². The van der Waals surface area contributed by atoms with Gasteiger partial charge in [-0.25, -0.2) is 0 Å². The molecular weight excluding hydrogens is 252 g/mol. The van der Waals surface area contributed by atoms with Crippen LogP contribution in [0, 0.1) is 0 Å². The van der Waals surface area contributed by atoms with Crippen molar-refractivity contribution in [3.05, 3.63) is 29.8 Å². The zero-order chi connectivity index (χ0) is 14.4. The van der Waals surface area contributed by atoms with E-state index in [1.807, 2.05) is 12.1 Å². The lowest BCUT2D eigenvalue weighted by atomic mass is 10.0. The van der Waals surface area contributed by atoms with Gasteiger partial charge in [0.05, 0.1) is 20.3 Å². The number of rotatable bonds is 6. The number of nitrogens with one attached hydrogen (secondary N) is 2. The normalized spacial score (nSPS) is 22.2. The molecule has 1 aromatic rings. The number of hydrogen-bond donors (Lipinski definition) is 2. The van der Waals surface area contributed by atoms with Crippen molar-refractivity contribution < 1.29 is 9.47 Å². The highest BCUT2D eigenvalue weighted by molar-refractivity contribution is 5.35. The fourth-order valence-corrected chi connectivity index (χ4v) is 2.81. The van der Waals surface area contributed by atoms with Crippen LogP contribution in [0.5, 0.6) is 5.75 Å². The number of morpholine rings is 1. The minimum absolute atomic E-state index is 0.269. The smallest absolute Gasteiger partial charge is 0.123 e. The fraction of sp³-hybridized carbons (Fsp3) is 0.625. The SMILES string of the molecule is COc1ccccc1[C@@H](C)NC(C)CC1COCCN1. The zero-order valence-electron chi connectivity index (χ0n) is 12.7. The van der Waals surface area contributed by atoms with E-state index in [1.165, 1.54) is 5.56 Å². The molecule has 0 aliphatic carbocycles. The van der Waals surface area contributed by atoms with Crippen LogP contribution >= 0.6 is 0 Å². The molecule has 1 saturated heterocycles. The first-order valence-electron chi connectivity index (χ1n) is 7.40. The molecule has 4 nitrogen and oxygen atoms in total. The topological polar surface area (TPSA) is 42.5 Å². The van der Waals surface area contributed by atoms with E-state index < -0.39 is 0 Å². The maximum Gasteiger partial charge on any atom is 0.123 e. The number of ether oxygens (including phenoxy) is 2. The molecule has 0 bridgehead atoms. The molecule has 1 heterocycles. The maximum atomic E-state index is 5.50. The van der Waals surface area contributed by atoms with E-state index in [9.17, 15) is 0 Å². The molecule has 4 heteroatoms. The van der Waals surface area contributed by atoms with Gasteiger partial charge in [-0.3, -0.25) is 0 Å². The summed E-state index contributed by atoms with van der Waals surface area (Å²) in [7, 11) is 1.72. The number of methoxy groups -OCH3 is 1. The minimum Gasteiger partial charge on any atom is -0.496 e. The van der Waals surface area contributed by atoms with Gasteiger partial charge in [0, 0.05) is 30.2 Å².